The third-order valence-electron chi connectivity index (χ3n) is 5.05. The fourth-order valence-electron chi connectivity index (χ4n) is 3.68. The highest BCUT2D eigenvalue weighted by atomic mass is 35.5. The highest BCUT2D eigenvalue weighted by Crippen LogP contribution is 2.26. The van der Waals surface area contributed by atoms with Crippen LogP contribution >= 0.6 is 23.2 Å². The van der Waals surface area contributed by atoms with Crippen molar-refractivity contribution in [1.82, 2.24) is 9.73 Å². The second kappa shape index (κ2) is 11.1. The highest BCUT2D eigenvalue weighted by Gasteiger charge is 2.30. The van der Waals surface area contributed by atoms with Crippen molar-refractivity contribution in [1.29, 1.82) is 0 Å². The lowest BCUT2D eigenvalue weighted by atomic mass is 10.1. The predicted octanol–water partition coefficient (Wildman–Crippen LogP) is 5.26. The number of sulfonamides is 1. The van der Waals surface area contributed by atoms with Crippen LogP contribution in [-0.4, -0.2) is 31.4 Å². The first kappa shape index (κ1) is 25.9. The first-order chi connectivity index (χ1) is 16.1. The van der Waals surface area contributed by atoms with Crippen molar-refractivity contribution in [2.75, 3.05) is 6.54 Å². The van der Waals surface area contributed by atoms with E-state index in [2.05, 4.69) is 10.5 Å². The maximum Gasteiger partial charge on any atom is 0.255 e. The molecule has 0 fully saturated rings. The average Bonchev–Trinajstić information content (AvgIpc) is 2.74. The fourth-order valence-corrected chi connectivity index (χ4v) is 5.80. The molecule has 1 N–H and O–H groups in total. The molecule has 0 radical (unpaired) electrons. The van der Waals surface area contributed by atoms with Gasteiger partial charge in [0, 0.05) is 16.6 Å². The van der Waals surface area contributed by atoms with Gasteiger partial charge in [-0.2, -0.15) is 9.41 Å². The van der Waals surface area contributed by atoms with Gasteiger partial charge in [0.25, 0.3) is 5.91 Å². The quantitative estimate of drug-likeness (QED) is 0.327. The summed E-state index contributed by atoms with van der Waals surface area (Å²) >= 11 is 11.9. The molecule has 1 amide bonds. The number of carbonyl (C=O) groups is 1. The maximum atomic E-state index is 13.7. The van der Waals surface area contributed by atoms with E-state index in [1.165, 1.54) is 6.21 Å². The van der Waals surface area contributed by atoms with Gasteiger partial charge in [0.05, 0.1) is 17.7 Å². The molecule has 3 aromatic rings. The van der Waals surface area contributed by atoms with Gasteiger partial charge in [0.1, 0.15) is 0 Å². The van der Waals surface area contributed by atoms with E-state index in [4.69, 9.17) is 23.2 Å². The summed E-state index contributed by atoms with van der Waals surface area (Å²) < 4.78 is 28.5. The van der Waals surface area contributed by atoms with Crippen LogP contribution in [0.15, 0.2) is 70.7 Å². The summed E-state index contributed by atoms with van der Waals surface area (Å²) in [4.78, 5) is 12.9. The first-order valence-electron chi connectivity index (χ1n) is 10.5. The SMILES string of the molecule is Cc1cc(C)c(S(=O)(=O)N(CC(=O)N/N=C/c2cccc(Cl)c2)Cc2ccc(Cl)cc2)c(C)c1. The van der Waals surface area contributed by atoms with Crippen LogP contribution in [0.5, 0.6) is 0 Å². The molecule has 9 heteroatoms. The zero-order valence-electron chi connectivity index (χ0n) is 19.0. The number of aryl methyl sites for hydroxylation is 3. The van der Waals surface area contributed by atoms with Crippen molar-refractivity contribution in [3.63, 3.8) is 0 Å². The molecule has 0 aliphatic heterocycles. The minimum absolute atomic E-state index is 0.00230. The lowest BCUT2D eigenvalue weighted by molar-refractivity contribution is -0.121. The Kier molecular flexibility index (Phi) is 8.49. The molecule has 0 aliphatic carbocycles. The molecule has 6 nitrogen and oxygen atoms in total. The summed E-state index contributed by atoms with van der Waals surface area (Å²) in [7, 11) is -4.00. The summed E-state index contributed by atoms with van der Waals surface area (Å²) in [6, 6.07) is 17.4. The van der Waals surface area contributed by atoms with Gasteiger partial charge < -0.3 is 0 Å². The van der Waals surface area contributed by atoms with Gasteiger partial charge in [-0.25, -0.2) is 13.8 Å². The van der Waals surface area contributed by atoms with Gasteiger partial charge in [-0.1, -0.05) is 65.2 Å². The zero-order chi connectivity index (χ0) is 24.9. The lowest BCUT2D eigenvalue weighted by Gasteiger charge is -2.24. The maximum absolute atomic E-state index is 13.7. The number of hydrogen-bond donors (Lipinski definition) is 1. The largest absolute Gasteiger partial charge is 0.272 e. The van der Waals surface area contributed by atoms with Gasteiger partial charge in [0.15, 0.2) is 0 Å². The molecule has 34 heavy (non-hydrogen) atoms. The highest BCUT2D eigenvalue weighted by molar-refractivity contribution is 7.89. The van der Waals surface area contributed by atoms with Crippen LogP contribution in [-0.2, 0) is 21.4 Å². The lowest BCUT2D eigenvalue weighted by Crippen LogP contribution is -2.39. The molecule has 0 aliphatic rings. The standard InChI is InChI=1S/C25H25Cl2N3O3S/c1-17-11-18(2)25(19(3)12-17)34(32,33)30(15-20-7-9-22(26)10-8-20)16-24(31)29-28-14-21-5-4-6-23(27)13-21/h4-14H,15-16H2,1-3H3,(H,29,31)/b28-14+. The van der Waals surface area contributed by atoms with Crippen LogP contribution in [0, 0.1) is 20.8 Å². The summed E-state index contributed by atoms with van der Waals surface area (Å²) in [5, 5.41) is 5.01. The number of amides is 1. The summed E-state index contributed by atoms with van der Waals surface area (Å²) in [6.07, 6.45) is 1.44. The molecule has 0 spiro atoms. The molecule has 0 bridgehead atoms. The van der Waals surface area contributed by atoms with Crippen LogP contribution in [0.4, 0.5) is 0 Å². The van der Waals surface area contributed by atoms with Crippen molar-refractivity contribution in [2.24, 2.45) is 5.10 Å². The van der Waals surface area contributed by atoms with Crippen molar-refractivity contribution in [2.45, 2.75) is 32.2 Å². The molecule has 0 unspecified atom stereocenters. The van der Waals surface area contributed by atoms with Crippen LogP contribution in [0.3, 0.4) is 0 Å². The molecule has 3 aromatic carbocycles. The smallest absolute Gasteiger partial charge is 0.255 e. The molecular formula is C25H25Cl2N3O3S. The van der Waals surface area contributed by atoms with E-state index in [0.717, 1.165) is 9.87 Å². The zero-order valence-corrected chi connectivity index (χ0v) is 21.4. The number of nitrogens with one attached hydrogen (secondary N) is 1. The predicted molar refractivity (Wildman–Crippen MR) is 137 cm³/mol. The number of hydrazone groups is 1. The van der Waals surface area contributed by atoms with Crippen molar-refractivity contribution >= 4 is 45.3 Å². The van der Waals surface area contributed by atoms with Gasteiger partial charge in [-0.3, -0.25) is 4.79 Å². The second-order valence-electron chi connectivity index (χ2n) is 7.98. The van der Waals surface area contributed by atoms with Crippen LogP contribution in [0.2, 0.25) is 10.0 Å². The van der Waals surface area contributed by atoms with E-state index in [1.807, 2.05) is 19.1 Å². The molecule has 0 heterocycles. The van der Waals surface area contributed by atoms with Crippen LogP contribution in [0.1, 0.15) is 27.8 Å². The van der Waals surface area contributed by atoms with E-state index >= 15 is 0 Å². The van der Waals surface area contributed by atoms with Gasteiger partial charge in [-0.15, -0.1) is 0 Å². The van der Waals surface area contributed by atoms with E-state index < -0.39 is 22.5 Å². The third kappa shape index (κ3) is 6.67. The Bertz CT molecular complexity index is 1300. The number of carbonyl (C=O) groups excluding carboxylic acids is 1. The Balaban J connectivity index is 1.87. The molecule has 0 aromatic heterocycles. The number of hydrogen-bond acceptors (Lipinski definition) is 4. The Morgan fingerprint density at radius 2 is 1.62 bits per heavy atom. The normalized spacial score (nSPS) is 11.8. The van der Waals surface area contributed by atoms with Gasteiger partial charge in [0.2, 0.25) is 10.0 Å². The molecule has 3 rings (SSSR count). The molecule has 178 valence electrons. The third-order valence-corrected chi connectivity index (χ3v) is 7.63. The molecular weight excluding hydrogens is 493 g/mol. The number of benzene rings is 3. The molecule has 0 saturated heterocycles. The number of halogens is 2. The van der Waals surface area contributed by atoms with Gasteiger partial charge >= 0.3 is 0 Å². The second-order valence-corrected chi connectivity index (χ2v) is 10.7. The Hall–Kier alpha value is -2.71. The Labute approximate surface area is 210 Å². The van der Waals surface area contributed by atoms with Crippen molar-refractivity contribution in [3.05, 3.63) is 98.5 Å². The van der Waals surface area contributed by atoms with E-state index in [9.17, 15) is 13.2 Å². The van der Waals surface area contributed by atoms with Crippen LogP contribution < -0.4 is 5.43 Å². The van der Waals surface area contributed by atoms with E-state index in [-0.39, 0.29) is 11.4 Å². The monoisotopic (exact) mass is 517 g/mol. The summed E-state index contributed by atoms with van der Waals surface area (Å²) in [6.45, 7) is 5.00. The summed E-state index contributed by atoms with van der Waals surface area (Å²) in [5.41, 5.74) is 6.01. The number of rotatable bonds is 8. The topological polar surface area (TPSA) is 78.8 Å². The number of nitrogens with zero attached hydrogens (tertiary/aromatic N) is 2. The fraction of sp³-hybridized carbons (Fsp3) is 0.200. The van der Waals surface area contributed by atoms with Crippen molar-refractivity contribution < 1.29 is 13.2 Å². The average molecular weight is 518 g/mol. The van der Waals surface area contributed by atoms with Crippen LogP contribution in [0.25, 0.3) is 0 Å². The Morgan fingerprint density at radius 1 is 0.971 bits per heavy atom. The van der Waals surface area contributed by atoms with E-state index in [0.29, 0.717) is 32.3 Å². The Morgan fingerprint density at radius 3 is 2.24 bits per heavy atom. The van der Waals surface area contributed by atoms with E-state index in [1.54, 1.807) is 62.4 Å². The molecule has 0 atom stereocenters. The first-order valence-corrected chi connectivity index (χ1v) is 12.7. The molecule has 0 saturated carbocycles. The minimum atomic E-state index is -4.00. The summed E-state index contributed by atoms with van der Waals surface area (Å²) in [5.74, 6) is -0.571. The van der Waals surface area contributed by atoms with Gasteiger partial charge in [-0.05, 0) is 67.3 Å². The van der Waals surface area contributed by atoms with Crippen molar-refractivity contribution in [3.8, 4) is 0 Å². The minimum Gasteiger partial charge on any atom is -0.272 e.